The Morgan fingerprint density at radius 1 is 1.20 bits per heavy atom. The van der Waals surface area contributed by atoms with Crippen LogP contribution in [0.5, 0.6) is 0 Å². The number of carbonyl (C=O) groups excluding carboxylic acids is 1. The summed E-state index contributed by atoms with van der Waals surface area (Å²) in [5.41, 5.74) is 5.94. The van der Waals surface area contributed by atoms with Crippen LogP contribution in [0.1, 0.15) is 36.0 Å². The van der Waals surface area contributed by atoms with E-state index in [9.17, 15) is 9.18 Å². The number of benzene rings is 2. The monoisotopic (exact) mass is 426 g/mol. The summed E-state index contributed by atoms with van der Waals surface area (Å²) in [4.78, 5) is 13.3. The molecule has 0 aliphatic carbocycles. The van der Waals surface area contributed by atoms with Crippen molar-refractivity contribution < 1.29 is 9.18 Å². The number of hydrogen-bond donors (Lipinski definition) is 1. The summed E-state index contributed by atoms with van der Waals surface area (Å²) in [7, 11) is 0. The number of rotatable bonds is 8. The Morgan fingerprint density at radius 3 is 2.50 bits per heavy atom. The van der Waals surface area contributed by atoms with Gasteiger partial charge in [0.1, 0.15) is 5.82 Å². The largest absolute Gasteiger partial charge is 0.375 e. The van der Waals surface area contributed by atoms with Crippen LogP contribution in [0, 0.1) is 18.7 Å². The van der Waals surface area contributed by atoms with Crippen molar-refractivity contribution >= 4 is 29.3 Å². The Bertz CT molecular complexity index is 931. The van der Waals surface area contributed by atoms with E-state index < -0.39 is 0 Å². The summed E-state index contributed by atoms with van der Waals surface area (Å²) in [5.74, 6) is 0.182. The molecule has 0 saturated carbocycles. The molecule has 1 amide bonds. The number of anilines is 1. The fourth-order valence-corrected chi connectivity index (χ4v) is 4.25. The topological polar surface area (TPSA) is 32.3 Å². The molecule has 0 bridgehead atoms. The maximum atomic E-state index is 13.2. The normalized spacial score (nSPS) is 14.4. The molecule has 1 heterocycles. The van der Waals surface area contributed by atoms with E-state index in [0.29, 0.717) is 17.4 Å². The number of halogens is 2. The smallest absolute Gasteiger partial charge is 0.211 e. The summed E-state index contributed by atoms with van der Waals surface area (Å²) in [5, 5.41) is 3.43. The summed E-state index contributed by atoms with van der Waals surface area (Å²) in [6, 6.07) is 10.4. The lowest BCUT2D eigenvalue weighted by atomic mass is 9.86. The van der Waals surface area contributed by atoms with Crippen molar-refractivity contribution in [1.82, 2.24) is 4.90 Å². The van der Waals surface area contributed by atoms with E-state index >= 15 is 0 Å². The summed E-state index contributed by atoms with van der Waals surface area (Å²) >= 11 is 6.19. The van der Waals surface area contributed by atoms with Crippen LogP contribution in [-0.4, -0.2) is 24.4 Å². The highest BCUT2D eigenvalue weighted by Crippen LogP contribution is 2.33. The third kappa shape index (κ3) is 5.11. The highest BCUT2D eigenvalue weighted by Gasteiger charge is 2.23. The van der Waals surface area contributed by atoms with Gasteiger partial charge >= 0.3 is 0 Å². The zero-order valence-electron chi connectivity index (χ0n) is 17.4. The number of carbonyl (C=O) groups is 1. The van der Waals surface area contributed by atoms with Crippen molar-refractivity contribution in [2.45, 2.75) is 32.6 Å². The Kier molecular flexibility index (Phi) is 7.33. The molecule has 3 nitrogen and oxygen atoms in total. The zero-order chi connectivity index (χ0) is 21.7. The summed E-state index contributed by atoms with van der Waals surface area (Å²) in [6.45, 7) is 12.3. The Hall–Kier alpha value is -2.59. The lowest BCUT2D eigenvalue weighted by Crippen LogP contribution is -2.33. The number of nitrogens with one attached hydrogen (secondary N) is 1. The van der Waals surface area contributed by atoms with Crippen LogP contribution in [0.25, 0.3) is 5.57 Å². The predicted octanol–water partition coefficient (Wildman–Crippen LogP) is 6.23. The molecule has 3 rings (SSSR count). The molecule has 5 heteroatoms. The molecule has 2 aromatic rings. The van der Waals surface area contributed by atoms with Gasteiger partial charge in [-0.1, -0.05) is 43.0 Å². The van der Waals surface area contributed by atoms with Gasteiger partial charge in [0.15, 0.2) is 0 Å². The molecule has 158 valence electrons. The minimum absolute atomic E-state index is 0.222. The second-order valence-corrected chi connectivity index (χ2v) is 8.24. The maximum Gasteiger partial charge on any atom is 0.211 e. The van der Waals surface area contributed by atoms with E-state index in [2.05, 4.69) is 23.4 Å². The number of hydrogen-bond acceptors (Lipinski definition) is 2. The van der Waals surface area contributed by atoms with Crippen LogP contribution >= 0.6 is 11.6 Å². The Balaban J connectivity index is 1.55. The van der Waals surface area contributed by atoms with Crippen LogP contribution in [0.3, 0.4) is 0 Å². The first-order chi connectivity index (χ1) is 14.4. The van der Waals surface area contributed by atoms with E-state index in [1.807, 2.05) is 31.2 Å². The van der Waals surface area contributed by atoms with E-state index in [-0.39, 0.29) is 5.82 Å². The van der Waals surface area contributed by atoms with Crippen molar-refractivity contribution in [2.24, 2.45) is 5.92 Å². The van der Waals surface area contributed by atoms with Gasteiger partial charge in [-0.05, 0) is 79.0 Å². The maximum absolute atomic E-state index is 13.2. The third-order valence-electron chi connectivity index (χ3n) is 6.02. The molecule has 0 aromatic heterocycles. The van der Waals surface area contributed by atoms with E-state index in [0.717, 1.165) is 72.4 Å². The molecule has 2 aromatic carbocycles. The van der Waals surface area contributed by atoms with Crippen molar-refractivity contribution in [1.29, 1.82) is 0 Å². The van der Waals surface area contributed by atoms with Gasteiger partial charge < -0.3 is 10.2 Å². The highest BCUT2D eigenvalue weighted by molar-refractivity contribution is 6.31. The van der Waals surface area contributed by atoms with Gasteiger partial charge in [0.2, 0.25) is 6.41 Å². The standard InChI is InChI=1S/C25H28ClFN2O/c1-17(4-5-22-8-11-24(26)19(3)25(22)28-16-30)29-14-12-21(13-15-29)18(2)20-6-9-23(27)10-7-20/h6-11,16,21H,1-2,4-5,12-15H2,3H3,(H,28,30). The molecule has 1 saturated heterocycles. The molecule has 0 unspecified atom stereocenters. The van der Waals surface area contributed by atoms with Gasteiger partial charge in [0.25, 0.3) is 0 Å². The zero-order valence-corrected chi connectivity index (χ0v) is 18.1. The molecule has 30 heavy (non-hydrogen) atoms. The first-order valence-corrected chi connectivity index (χ1v) is 10.6. The molecule has 0 spiro atoms. The van der Waals surface area contributed by atoms with Crippen molar-refractivity contribution in [3.63, 3.8) is 0 Å². The van der Waals surface area contributed by atoms with Gasteiger partial charge in [-0.3, -0.25) is 4.79 Å². The second kappa shape index (κ2) is 9.94. The average Bonchev–Trinajstić information content (AvgIpc) is 2.76. The first-order valence-electron chi connectivity index (χ1n) is 10.3. The van der Waals surface area contributed by atoms with Gasteiger partial charge in [0, 0.05) is 29.5 Å². The minimum atomic E-state index is -0.222. The van der Waals surface area contributed by atoms with E-state index in [1.54, 1.807) is 0 Å². The number of nitrogens with zero attached hydrogens (tertiary/aromatic N) is 1. The molecule has 0 radical (unpaired) electrons. The second-order valence-electron chi connectivity index (χ2n) is 7.83. The average molecular weight is 427 g/mol. The lowest BCUT2D eigenvalue weighted by Gasteiger charge is -2.36. The number of piperidine rings is 1. The number of aryl methyl sites for hydroxylation is 1. The molecule has 1 aliphatic heterocycles. The third-order valence-corrected chi connectivity index (χ3v) is 6.43. The van der Waals surface area contributed by atoms with E-state index in [1.165, 1.54) is 12.1 Å². The van der Waals surface area contributed by atoms with Crippen LogP contribution in [0.15, 0.2) is 55.3 Å². The molecule has 1 fully saturated rings. The number of likely N-dealkylation sites (tertiary alicyclic amines) is 1. The Morgan fingerprint density at radius 2 is 1.87 bits per heavy atom. The van der Waals surface area contributed by atoms with Crippen LogP contribution in [-0.2, 0) is 11.2 Å². The van der Waals surface area contributed by atoms with Gasteiger partial charge in [-0.2, -0.15) is 0 Å². The van der Waals surface area contributed by atoms with Crippen molar-refractivity contribution in [3.05, 3.63) is 82.8 Å². The van der Waals surface area contributed by atoms with Gasteiger partial charge in [-0.25, -0.2) is 4.39 Å². The van der Waals surface area contributed by atoms with Crippen molar-refractivity contribution in [2.75, 3.05) is 18.4 Å². The van der Waals surface area contributed by atoms with Crippen LogP contribution < -0.4 is 5.32 Å². The van der Waals surface area contributed by atoms with Crippen LogP contribution in [0.2, 0.25) is 5.02 Å². The van der Waals surface area contributed by atoms with Gasteiger partial charge in [-0.15, -0.1) is 0 Å². The van der Waals surface area contributed by atoms with E-state index in [4.69, 9.17) is 11.6 Å². The molecular weight excluding hydrogens is 399 g/mol. The summed E-state index contributed by atoms with van der Waals surface area (Å²) < 4.78 is 13.2. The minimum Gasteiger partial charge on any atom is -0.375 e. The molecule has 1 aliphatic rings. The fraction of sp³-hybridized carbons (Fsp3) is 0.320. The van der Waals surface area contributed by atoms with Crippen molar-refractivity contribution in [3.8, 4) is 0 Å². The quantitative estimate of drug-likeness (QED) is 0.507. The van der Waals surface area contributed by atoms with Crippen LogP contribution in [0.4, 0.5) is 10.1 Å². The highest BCUT2D eigenvalue weighted by atomic mass is 35.5. The predicted molar refractivity (Wildman–Crippen MR) is 123 cm³/mol. The SMILES string of the molecule is C=C(c1ccc(F)cc1)C1CCN(C(=C)CCc2ccc(Cl)c(C)c2NC=O)CC1. The fourth-order valence-electron chi connectivity index (χ4n) is 4.09. The van der Waals surface area contributed by atoms with Gasteiger partial charge in [0.05, 0.1) is 0 Å². The number of amides is 1. The molecule has 0 atom stereocenters. The summed E-state index contributed by atoms with van der Waals surface area (Å²) in [6.07, 6.45) is 4.31. The first kappa shape index (κ1) is 22.1. The number of allylic oxidation sites excluding steroid dienone is 2. The Labute approximate surface area is 183 Å². The lowest BCUT2D eigenvalue weighted by molar-refractivity contribution is -0.105. The molecular formula is C25H28ClFN2O. The molecule has 1 N–H and O–H groups in total.